The lowest BCUT2D eigenvalue weighted by Crippen LogP contribution is -2.45. The highest BCUT2D eigenvalue weighted by Gasteiger charge is 2.34. The molecule has 2 aliphatic rings. The molecule has 3 heterocycles. The lowest BCUT2D eigenvalue weighted by molar-refractivity contribution is -0.133. The lowest BCUT2D eigenvalue weighted by atomic mass is 9.85. The van der Waals surface area contributed by atoms with E-state index in [9.17, 15) is 9.59 Å². The second kappa shape index (κ2) is 8.63. The van der Waals surface area contributed by atoms with Crippen LogP contribution < -0.4 is 16.4 Å². The summed E-state index contributed by atoms with van der Waals surface area (Å²) in [5, 5.41) is 0.598. The normalized spacial score (nSPS) is 23.2. The van der Waals surface area contributed by atoms with Crippen LogP contribution in [0.15, 0.2) is 35.4 Å². The number of nitrogens with one attached hydrogen (secondary N) is 2. The molecule has 29 heavy (non-hydrogen) atoms. The molecule has 0 radical (unpaired) electrons. The topological polar surface area (TPSA) is 79.3 Å². The van der Waals surface area contributed by atoms with Crippen molar-refractivity contribution in [3.8, 4) is 0 Å². The minimum absolute atomic E-state index is 0.0818. The summed E-state index contributed by atoms with van der Waals surface area (Å²) in [5.41, 5.74) is 7.51. The van der Waals surface area contributed by atoms with Crippen LogP contribution in [0.4, 0.5) is 0 Å². The third-order valence-corrected chi connectivity index (χ3v) is 6.53. The minimum Gasteiger partial charge on any atom is -0.343 e. The molecule has 1 aromatic carbocycles. The number of aromatic nitrogens is 2. The number of para-hydroxylation sites is 1. The monoisotopic (exact) mass is 397 g/mol. The summed E-state index contributed by atoms with van der Waals surface area (Å²) in [5.74, 6) is 1.37. The van der Waals surface area contributed by atoms with Gasteiger partial charge in [0.1, 0.15) is 0 Å². The largest absolute Gasteiger partial charge is 0.343 e. The third kappa shape index (κ3) is 4.36. The Bertz CT molecular complexity index is 917. The molecular weight excluding hydrogens is 366 g/mol. The average molecular weight is 398 g/mol. The number of amides is 1. The van der Waals surface area contributed by atoms with Crippen LogP contribution in [0.3, 0.4) is 0 Å². The van der Waals surface area contributed by atoms with Crippen molar-refractivity contribution in [2.45, 2.75) is 58.2 Å². The summed E-state index contributed by atoms with van der Waals surface area (Å²) in [6.07, 6.45) is 5.12. The van der Waals surface area contributed by atoms with E-state index in [0.29, 0.717) is 47.8 Å². The lowest BCUT2D eigenvalue weighted by Gasteiger charge is -2.34. The fraction of sp³-hybridized carbons (Fsp3) is 0.591. The van der Waals surface area contributed by atoms with Gasteiger partial charge in [-0.25, -0.2) is 4.98 Å². The molecule has 1 aromatic heterocycles. The molecule has 0 saturated carbocycles. The number of likely N-dealkylation sites (tertiary alicyclic amines) is 1. The Kier molecular flexibility index (Phi) is 5.96. The number of hydrazine groups is 1. The zero-order chi connectivity index (χ0) is 20.4. The van der Waals surface area contributed by atoms with Gasteiger partial charge in [0.05, 0.1) is 17.2 Å². The Morgan fingerprint density at radius 1 is 1.21 bits per heavy atom. The summed E-state index contributed by atoms with van der Waals surface area (Å²) in [4.78, 5) is 31.5. The first-order chi connectivity index (χ1) is 14.0. The van der Waals surface area contributed by atoms with E-state index >= 15 is 0 Å². The van der Waals surface area contributed by atoms with Crippen molar-refractivity contribution in [2.24, 2.45) is 11.8 Å². The van der Waals surface area contributed by atoms with Crippen LogP contribution >= 0.6 is 0 Å². The molecule has 2 N–H and O–H groups in total. The number of rotatable bonds is 5. The van der Waals surface area contributed by atoms with Gasteiger partial charge < -0.3 is 4.90 Å². The Balaban J connectivity index is 1.28. The number of hydrogen-bond donors (Lipinski definition) is 2. The molecule has 2 atom stereocenters. The van der Waals surface area contributed by atoms with Gasteiger partial charge >= 0.3 is 0 Å². The van der Waals surface area contributed by atoms with E-state index in [4.69, 9.17) is 0 Å². The van der Waals surface area contributed by atoms with Crippen molar-refractivity contribution in [2.75, 3.05) is 13.1 Å². The highest BCUT2D eigenvalue weighted by Crippen LogP contribution is 2.27. The number of fused-ring (bicyclic) bond motifs is 1. The summed E-state index contributed by atoms with van der Waals surface area (Å²) in [7, 11) is 0. The zero-order valence-electron chi connectivity index (χ0n) is 17.3. The summed E-state index contributed by atoms with van der Waals surface area (Å²) < 4.78 is 1.55. The molecule has 0 bridgehead atoms. The summed E-state index contributed by atoms with van der Waals surface area (Å²) in [6.45, 7) is 6.48. The highest BCUT2D eigenvalue weighted by molar-refractivity contribution is 5.77. The smallest absolute Gasteiger partial charge is 0.261 e. The van der Waals surface area contributed by atoms with Crippen LogP contribution in [0.1, 0.15) is 39.5 Å². The van der Waals surface area contributed by atoms with Gasteiger partial charge in [-0.05, 0) is 43.2 Å². The standard InChI is InChI=1S/C22H31N5O2/c1-15(2)19-13-20(25-24-19)16-7-10-26(11-8-16)21(28)9-12-27-14-23-18-6-4-3-5-17(18)22(27)29/h3-6,14-16,19-20,24-25H,7-13H2,1-2H3. The molecule has 7 nitrogen and oxygen atoms in total. The number of aryl methyl sites for hydroxylation is 1. The summed E-state index contributed by atoms with van der Waals surface area (Å²) >= 11 is 0. The van der Waals surface area contributed by atoms with Gasteiger partial charge in [-0.1, -0.05) is 26.0 Å². The van der Waals surface area contributed by atoms with Crippen molar-refractivity contribution in [3.63, 3.8) is 0 Å². The van der Waals surface area contributed by atoms with E-state index in [1.807, 2.05) is 23.1 Å². The maximum Gasteiger partial charge on any atom is 0.261 e. The molecule has 2 aliphatic heterocycles. The van der Waals surface area contributed by atoms with E-state index in [0.717, 1.165) is 32.4 Å². The fourth-order valence-corrected chi connectivity index (χ4v) is 4.55. The van der Waals surface area contributed by atoms with E-state index < -0.39 is 0 Å². The van der Waals surface area contributed by atoms with Crippen LogP contribution in [0.25, 0.3) is 10.9 Å². The van der Waals surface area contributed by atoms with Gasteiger partial charge in [0, 0.05) is 38.1 Å². The molecule has 2 saturated heterocycles. The van der Waals surface area contributed by atoms with Crippen LogP contribution in [-0.4, -0.2) is 45.5 Å². The number of benzene rings is 1. The number of carbonyl (C=O) groups is 1. The first kappa shape index (κ1) is 20.0. The first-order valence-electron chi connectivity index (χ1n) is 10.8. The second-order valence-electron chi connectivity index (χ2n) is 8.71. The van der Waals surface area contributed by atoms with Crippen LogP contribution in [0.5, 0.6) is 0 Å². The van der Waals surface area contributed by atoms with Gasteiger partial charge in [0.2, 0.25) is 5.91 Å². The van der Waals surface area contributed by atoms with E-state index in [1.165, 1.54) is 0 Å². The Morgan fingerprint density at radius 3 is 2.69 bits per heavy atom. The van der Waals surface area contributed by atoms with Crippen molar-refractivity contribution < 1.29 is 4.79 Å². The summed E-state index contributed by atoms with van der Waals surface area (Å²) in [6, 6.07) is 8.35. The minimum atomic E-state index is -0.0818. The van der Waals surface area contributed by atoms with E-state index in [2.05, 4.69) is 29.7 Å². The highest BCUT2D eigenvalue weighted by atomic mass is 16.2. The fourth-order valence-electron chi connectivity index (χ4n) is 4.55. The quantitative estimate of drug-likeness (QED) is 0.806. The molecular formula is C22H31N5O2. The van der Waals surface area contributed by atoms with Gasteiger partial charge in [-0.15, -0.1) is 0 Å². The van der Waals surface area contributed by atoms with Crippen molar-refractivity contribution in [1.29, 1.82) is 0 Å². The zero-order valence-corrected chi connectivity index (χ0v) is 17.3. The molecule has 156 valence electrons. The van der Waals surface area contributed by atoms with Gasteiger partial charge in [-0.3, -0.25) is 25.0 Å². The molecule has 7 heteroatoms. The van der Waals surface area contributed by atoms with Gasteiger partial charge in [-0.2, -0.15) is 0 Å². The van der Waals surface area contributed by atoms with Crippen LogP contribution in [0, 0.1) is 11.8 Å². The molecule has 0 aliphatic carbocycles. The molecule has 0 spiro atoms. The SMILES string of the molecule is CC(C)C1CC(C2CCN(C(=O)CCn3cnc4ccccc4c3=O)CC2)NN1. The van der Waals surface area contributed by atoms with Crippen molar-refractivity contribution >= 4 is 16.8 Å². The maximum atomic E-state index is 12.7. The van der Waals surface area contributed by atoms with Crippen molar-refractivity contribution in [3.05, 3.63) is 40.9 Å². The molecule has 1 amide bonds. The molecule has 2 unspecified atom stereocenters. The Labute approximate surface area is 171 Å². The van der Waals surface area contributed by atoms with Crippen LogP contribution in [0.2, 0.25) is 0 Å². The maximum absolute atomic E-state index is 12.7. The Hall–Kier alpha value is -2.25. The predicted octanol–water partition coefficient (Wildman–Crippen LogP) is 1.92. The third-order valence-electron chi connectivity index (χ3n) is 6.53. The number of carbonyl (C=O) groups excluding carboxylic acids is 1. The van der Waals surface area contributed by atoms with Crippen LogP contribution in [-0.2, 0) is 11.3 Å². The number of piperidine rings is 1. The predicted molar refractivity (Wildman–Crippen MR) is 113 cm³/mol. The molecule has 2 aromatic rings. The average Bonchev–Trinajstić information content (AvgIpc) is 3.24. The number of nitrogens with zero attached hydrogens (tertiary/aromatic N) is 3. The molecule has 2 fully saturated rings. The second-order valence-corrected chi connectivity index (χ2v) is 8.71. The first-order valence-corrected chi connectivity index (χ1v) is 10.8. The molecule has 4 rings (SSSR count). The van der Waals surface area contributed by atoms with E-state index in [-0.39, 0.29) is 11.5 Å². The van der Waals surface area contributed by atoms with Gasteiger partial charge in [0.25, 0.3) is 5.56 Å². The Morgan fingerprint density at radius 2 is 1.97 bits per heavy atom. The number of hydrogen-bond acceptors (Lipinski definition) is 5. The van der Waals surface area contributed by atoms with Gasteiger partial charge in [0.15, 0.2) is 0 Å². The van der Waals surface area contributed by atoms with E-state index in [1.54, 1.807) is 17.0 Å². The van der Waals surface area contributed by atoms with Crippen molar-refractivity contribution in [1.82, 2.24) is 25.3 Å².